The second-order valence-corrected chi connectivity index (χ2v) is 7.83. The fraction of sp³-hybridized carbons (Fsp3) is 0.579. The topological polar surface area (TPSA) is 109 Å². The third-order valence-corrected chi connectivity index (χ3v) is 4.29. The zero-order valence-corrected chi connectivity index (χ0v) is 16.3. The molecule has 1 aliphatic rings. The highest BCUT2D eigenvalue weighted by atomic mass is 16.6. The van der Waals surface area contributed by atoms with Gasteiger partial charge in [-0.15, -0.1) is 0 Å². The summed E-state index contributed by atoms with van der Waals surface area (Å²) in [7, 11) is 0. The van der Waals surface area contributed by atoms with Gasteiger partial charge in [0.05, 0.1) is 5.56 Å². The van der Waals surface area contributed by atoms with E-state index < -0.39 is 17.6 Å². The summed E-state index contributed by atoms with van der Waals surface area (Å²) < 4.78 is 5.25. The molecule has 148 valence electrons. The van der Waals surface area contributed by atoms with Crippen molar-refractivity contribution in [2.75, 3.05) is 0 Å². The van der Waals surface area contributed by atoms with Crippen molar-refractivity contribution in [3.63, 3.8) is 0 Å². The molecule has 0 radical (unpaired) electrons. The summed E-state index contributed by atoms with van der Waals surface area (Å²) in [5.41, 5.74) is 5.55. The van der Waals surface area contributed by atoms with Crippen molar-refractivity contribution in [1.82, 2.24) is 21.2 Å². The van der Waals surface area contributed by atoms with Crippen molar-refractivity contribution in [2.24, 2.45) is 5.92 Å². The van der Waals surface area contributed by atoms with Gasteiger partial charge in [0.1, 0.15) is 5.60 Å². The second-order valence-electron chi connectivity index (χ2n) is 7.83. The minimum Gasteiger partial charge on any atom is -0.444 e. The molecule has 1 saturated carbocycles. The SMILES string of the molecule is Cc1ccc(C(=O)NNC(=O)C2CCC(NC(=O)OC(C)(C)C)CC2)cn1. The Morgan fingerprint density at radius 3 is 2.30 bits per heavy atom. The maximum atomic E-state index is 12.3. The maximum Gasteiger partial charge on any atom is 0.407 e. The molecule has 1 aliphatic carbocycles. The molecule has 0 atom stereocenters. The largest absolute Gasteiger partial charge is 0.444 e. The van der Waals surface area contributed by atoms with Gasteiger partial charge in [-0.25, -0.2) is 4.79 Å². The number of carbonyl (C=O) groups is 3. The van der Waals surface area contributed by atoms with Crippen LogP contribution in [0, 0.1) is 12.8 Å². The molecule has 8 heteroatoms. The zero-order valence-electron chi connectivity index (χ0n) is 16.3. The number of hydrazine groups is 1. The van der Waals surface area contributed by atoms with E-state index in [2.05, 4.69) is 21.2 Å². The zero-order chi connectivity index (χ0) is 20.0. The summed E-state index contributed by atoms with van der Waals surface area (Å²) in [6.45, 7) is 7.27. The van der Waals surface area contributed by atoms with Crippen molar-refractivity contribution >= 4 is 17.9 Å². The Labute approximate surface area is 159 Å². The van der Waals surface area contributed by atoms with Gasteiger partial charge < -0.3 is 10.1 Å². The van der Waals surface area contributed by atoms with E-state index in [0.29, 0.717) is 31.2 Å². The van der Waals surface area contributed by atoms with Gasteiger partial charge in [0, 0.05) is 23.9 Å². The Kier molecular flexibility index (Phi) is 6.76. The molecule has 0 unspecified atom stereocenters. The van der Waals surface area contributed by atoms with Crippen molar-refractivity contribution in [2.45, 2.75) is 65.0 Å². The predicted octanol–water partition coefficient (Wildman–Crippen LogP) is 2.23. The number of carbonyl (C=O) groups excluding carboxylic acids is 3. The Morgan fingerprint density at radius 1 is 1.07 bits per heavy atom. The van der Waals surface area contributed by atoms with Crippen LogP contribution in [-0.2, 0) is 9.53 Å². The molecule has 0 aromatic carbocycles. The average Bonchev–Trinajstić information content (AvgIpc) is 2.59. The van der Waals surface area contributed by atoms with Crippen LogP contribution >= 0.6 is 0 Å². The highest BCUT2D eigenvalue weighted by Gasteiger charge is 2.28. The number of nitrogens with one attached hydrogen (secondary N) is 3. The van der Waals surface area contributed by atoms with E-state index in [1.807, 2.05) is 27.7 Å². The predicted molar refractivity (Wildman–Crippen MR) is 99.7 cm³/mol. The quantitative estimate of drug-likeness (QED) is 0.701. The summed E-state index contributed by atoms with van der Waals surface area (Å²) in [5, 5.41) is 2.84. The second kappa shape index (κ2) is 8.83. The number of pyridine rings is 1. The van der Waals surface area contributed by atoms with Crippen LogP contribution in [0.5, 0.6) is 0 Å². The summed E-state index contributed by atoms with van der Waals surface area (Å²) >= 11 is 0. The third-order valence-electron chi connectivity index (χ3n) is 4.29. The van der Waals surface area contributed by atoms with Gasteiger partial charge in [-0.05, 0) is 65.5 Å². The van der Waals surface area contributed by atoms with Gasteiger partial charge in [-0.1, -0.05) is 0 Å². The van der Waals surface area contributed by atoms with Crippen molar-refractivity contribution in [1.29, 1.82) is 0 Å². The summed E-state index contributed by atoms with van der Waals surface area (Å²) in [6.07, 6.45) is 3.67. The Morgan fingerprint density at radius 2 is 1.74 bits per heavy atom. The monoisotopic (exact) mass is 376 g/mol. The van der Waals surface area contributed by atoms with Crippen LogP contribution in [0.15, 0.2) is 18.3 Å². The number of rotatable bonds is 3. The van der Waals surface area contributed by atoms with Crippen LogP contribution in [0.25, 0.3) is 0 Å². The first-order chi connectivity index (χ1) is 12.6. The van der Waals surface area contributed by atoms with E-state index in [-0.39, 0.29) is 17.9 Å². The first-order valence-corrected chi connectivity index (χ1v) is 9.16. The van der Waals surface area contributed by atoms with Gasteiger partial charge >= 0.3 is 6.09 Å². The lowest BCUT2D eigenvalue weighted by Gasteiger charge is -2.29. The lowest BCUT2D eigenvalue weighted by molar-refractivity contribution is -0.126. The van der Waals surface area contributed by atoms with E-state index in [9.17, 15) is 14.4 Å². The first-order valence-electron chi connectivity index (χ1n) is 9.16. The maximum absolute atomic E-state index is 12.3. The van der Waals surface area contributed by atoms with Gasteiger partial charge in [0.15, 0.2) is 0 Å². The molecule has 2 rings (SSSR count). The number of nitrogens with zero attached hydrogens (tertiary/aromatic N) is 1. The van der Waals surface area contributed by atoms with Crippen LogP contribution in [0.2, 0.25) is 0 Å². The van der Waals surface area contributed by atoms with Crippen LogP contribution < -0.4 is 16.2 Å². The van der Waals surface area contributed by atoms with Crippen molar-refractivity contribution in [3.8, 4) is 0 Å². The molecule has 1 fully saturated rings. The van der Waals surface area contributed by atoms with Crippen LogP contribution in [0.1, 0.15) is 62.5 Å². The number of aryl methyl sites for hydroxylation is 1. The van der Waals surface area contributed by atoms with Crippen LogP contribution in [0.3, 0.4) is 0 Å². The lowest BCUT2D eigenvalue weighted by Crippen LogP contribution is -2.47. The van der Waals surface area contributed by atoms with Crippen molar-refractivity contribution < 1.29 is 19.1 Å². The van der Waals surface area contributed by atoms with Crippen LogP contribution in [0.4, 0.5) is 4.79 Å². The molecule has 3 N–H and O–H groups in total. The van der Waals surface area contributed by atoms with E-state index in [0.717, 1.165) is 5.69 Å². The Bertz CT molecular complexity index is 674. The van der Waals surface area contributed by atoms with E-state index in [4.69, 9.17) is 4.74 Å². The van der Waals surface area contributed by atoms with E-state index in [1.54, 1.807) is 12.1 Å². The molecular weight excluding hydrogens is 348 g/mol. The highest BCUT2D eigenvalue weighted by molar-refractivity contribution is 5.95. The smallest absolute Gasteiger partial charge is 0.407 e. The highest BCUT2D eigenvalue weighted by Crippen LogP contribution is 2.24. The normalized spacial score (nSPS) is 19.7. The molecule has 0 bridgehead atoms. The summed E-state index contributed by atoms with van der Waals surface area (Å²) in [4.78, 5) is 40.1. The molecular formula is C19H28N4O4. The van der Waals surface area contributed by atoms with Gasteiger partial charge in [-0.2, -0.15) is 0 Å². The average molecular weight is 376 g/mol. The van der Waals surface area contributed by atoms with Gasteiger partial charge in [0.2, 0.25) is 5.91 Å². The fourth-order valence-corrected chi connectivity index (χ4v) is 2.87. The molecule has 1 heterocycles. The number of aromatic nitrogens is 1. The number of alkyl carbamates (subject to hydrolysis) is 1. The summed E-state index contributed by atoms with van der Waals surface area (Å²) in [6, 6.07) is 3.38. The van der Waals surface area contributed by atoms with E-state index >= 15 is 0 Å². The number of ether oxygens (including phenoxy) is 1. The van der Waals surface area contributed by atoms with Crippen LogP contribution in [-0.4, -0.2) is 34.5 Å². The molecule has 3 amide bonds. The number of amides is 3. The molecule has 27 heavy (non-hydrogen) atoms. The molecule has 0 saturated heterocycles. The number of hydrogen-bond donors (Lipinski definition) is 3. The summed E-state index contributed by atoms with van der Waals surface area (Å²) in [5.74, 6) is -0.826. The first kappa shape index (κ1) is 20.7. The molecule has 1 aromatic rings. The van der Waals surface area contributed by atoms with Gasteiger partial charge in [-0.3, -0.25) is 25.4 Å². The fourth-order valence-electron chi connectivity index (χ4n) is 2.87. The molecule has 1 aromatic heterocycles. The minimum atomic E-state index is -0.535. The minimum absolute atomic E-state index is 0.00266. The number of hydrogen-bond acceptors (Lipinski definition) is 5. The van der Waals surface area contributed by atoms with Crippen molar-refractivity contribution in [3.05, 3.63) is 29.6 Å². The standard InChI is InChI=1S/C19H28N4O4/c1-12-5-6-14(11-20-12)17(25)23-22-16(24)13-7-9-15(10-8-13)21-18(26)27-19(2,3)4/h5-6,11,13,15H,7-10H2,1-4H3,(H,21,26)(H,22,24)(H,23,25). The molecule has 0 spiro atoms. The van der Waals surface area contributed by atoms with E-state index in [1.165, 1.54) is 6.20 Å². The Hall–Kier alpha value is -2.64. The van der Waals surface area contributed by atoms with Gasteiger partial charge in [0.25, 0.3) is 5.91 Å². The molecule has 8 nitrogen and oxygen atoms in total. The lowest BCUT2D eigenvalue weighted by atomic mass is 9.85. The Balaban J connectivity index is 1.72. The third kappa shape index (κ3) is 6.88. The molecule has 0 aliphatic heterocycles.